The molecule has 2 N–H and O–H groups in total. The van der Waals surface area contributed by atoms with E-state index in [-0.39, 0.29) is 12.4 Å². The van der Waals surface area contributed by atoms with Crippen molar-refractivity contribution in [2.24, 2.45) is 5.92 Å². The molecule has 19 heavy (non-hydrogen) atoms. The van der Waals surface area contributed by atoms with Gasteiger partial charge in [0.1, 0.15) is 12.0 Å². The fourth-order valence-electron chi connectivity index (χ4n) is 2.38. The molecule has 1 aliphatic heterocycles. The molecule has 1 aliphatic rings. The first-order chi connectivity index (χ1) is 9.08. The van der Waals surface area contributed by atoms with Crippen LogP contribution in [0.1, 0.15) is 18.9 Å². The van der Waals surface area contributed by atoms with E-state index in [9.17, 15) is 14.7 Å². The summed E-state index contributed by atoms with van der Waals surface area (Å²) in [6, 6.07) is 9.27. The molecular weight excluding hydrogens is 246 g/mol. The summed E-state index contributed by atoms with van der Waals surface area (Å²) in [4.78, 5) is 22.7. The summed E-state index contributed by atoms with van der Waals surface area (Å²) in [6.45, 7) is 2.16. The summed E-state index contributed by atoms with van der Waals surface area (Å²) in [7, 11) is 0. The molecule has 0 spiro atoms. The molecule has 5 nitrogen and oxygen atoms in total. The van der Waals surface area contributed by atoms with Crippen molar-refractivity contribution in [1.29, 1.82) is 0 Å². The average Bonchev–Trinajstić information content (AvgIpc) is 2.36. The van der Waals surface area contributed by atoms with Crippen LogP contribution in [-0.2, 0) is 20.9 Å². The molecule has 2 rings (SSSR count). The van der Waals surface area contributed by atoms with Gasteiger partial charge >= 0.3 is 11.9 Å². The van der Waals surface area contributed by atoms with Crippen molar-refractivity contribution in [2.75, 3.05) is 0 Å². The van der Waals surface area contributed by atoms with E-state index in [1.807, 2.05) is 30.3 Å². The minimum absolute atomic E-state index is 0.0914. The van der Waals surface area contributed by atoms with Crippen LogP contribution in [0.25, 0.3) is 0 Å². The number of hydrogen-bond acceptors (Lipinski definition) is 4. The van der Waals surface area contributed by atoms with E-state index in [1.165, 1.54) is 0 Å². The third kappa shape index (κ3) is 3.32. The molecule has 1 fully saturated rings. The van der Waals surface area contributed by atoms with E-state index >= 15 is 0 Å². The predicted molar refractivity (Wildman–Crippen MR) is 68.4 cm³/mol. The highest BCUT2D eigenvalue weighted by atomic mass is 16.5. The number of carbonyl (C=O) groups is 2. The largest absolute Gasteiger partial charge is 0.481 e. The zero-order valence-corrected chi connectivity index (χ0v) is 10.7. The number of esters is 1. The van der Waals surface area contributed by atoms with Gasteiger partial charge in [0.15, 0.2) is 0 Å². The van der Waals surface area contributed by atoms with Crippen molar-refractivity contribution >= 4 is 11.9 Å². The number of carbonyl (C=O) groups excluding carboxylic acids is 1. The van der Waals surface area contributed by atoms with E-state index in [2.05, 4.69) is 5.32 Å². The number of cyclic esters (lactones) is 1. The molecule has 0 radical (unpaired) electrons. The lowest BCUT2D eigenvalue weighted by molar-refractivity contribution is -0.167. The summed E-state index contributed by atoms with van der Waals surface area (Å²) in [5.74, 6) is -2.00. The molecule has 0 amide bonds. The normalized spacial score (nSPS) is 26.8. The fraction of sp³-hybridized carbons (Fsp3) is 0.429. The van der Waals surface area contributed by atoms with Crippen LogP contribution in [0.15, 0.2) is 30.3 Å². The SMILES string of the molecule is C[C@H]1OC(=O)C[C@H](NCc2ccccc2)[C@H]1C(=O)O. The predicted octanol–water partition coefficient (Wildman–Crippen LogP) is 1.18. The Balaban J connectivity index is 2.03. The highest BCUT2D eigenvalue weighted by Gasteiger charge is 2.40. The highest BCUT2D eigenvalue weighted by molar-refractivity contribution is 5.78. The molecule has 1 aromatic carbocycles. The van der Waals surface area contributed by atoms with Gasteiger partial charge < -0.3 is 15.2 Å². The maximum Gasteiger partial charge on any atom is 0.311 e. The van der Waals surface area contributed by atoms with Gasteiger partial charge in [-0.15, -0.1) is 0 Å². The van der Waals surface area contributed by atoms with Crippen LogP contribution < -0.4 is 5.32 Å². The summed E-state index contributed by atoms with van der Waals surface area (Å²) in [5, 5.41) is 12.4. The Kier molecular flexibility index (Phi) is 4.16. The number of ether oxygens (including phenoxy) is 1. The lowest BCUT2D eigenvalue weighted by Gasteiger charge is -2.33. The van der Waals surface area contributed by atoms with E-state index in [1.54, 1.807) is 6.92 Å². The van der Waals surface area contributed by atoms with E-state index < -0.39 is 24.0 Å². The number of benzene rings is 1. The van der Waals surface area contributed by atoms with E-state index in [0.29, 0.717) is 6.54 Å². The number of carboxylic acids is 1. The lowest BCUT2D eigenvalue weighted by Crippen LogP contribution is -2.51. The van der Waals surface area contributed by atoms with E-state index in [4.69, 9.17) is 4.74 Å². The molecule has 1 saturated heterocycles. The van der Waals surface area contributed by atoms with Crippen molar-refractivity contribution < 1.29 is 19.4 Å². The van der Waals surface area contributed by atoms with Gasteiger partial charge in [0, 0.05) is 12.6 Å². The van der Waals surface area contributed by atoms with Crippen LogP contribution in [0.3, 0.4) is 0 Å². The van der Waals surface area contributed by atoms with Crippen molar-refractivity contribution in [1.82, 2.24) is 5.32 Å². The molecule has 1 aromatic rings. The zero-order valence-electron chi connectivity index (χ0n) is 10.7. The molecule has 3 atom stereocenters. The Morgan fingerprint density at radius 1 is 1.42 bits per heavy atom. The number of carboxylic acid groups (broad SMARTS) is 1. The maximum atomic E-state index is 11.4. The van der Waals surface area contributed by atoms with Crippen LogP contribution in [-0.4, -0.2) is 29.2 Å². The van der Waals surface area contributed by atoms with Gasteiger partial charge in [-0.3, -0.25) is 9.59 Å². The number of aliphatic carboxylic acids is 1. The molecule has 0 aromatic heterocycles. The second kappa shape index (κ2) is 5.84. The number of rotatable bonds is 4. The van der Waals surface area contributed by atoms with E-state index in [0.717, 1.165) is 5.56 Å². The van der Waals surface area contributed by atoms with Crippen molar-refractivity contribution in [3.8, 4) is 0 Å². The molecule has 1 heterocycles. The summed E-state index contributed by atoms with van der Waals surface area (Å²) in [5.41, 5.74) is 1.05. The quantitative estimate of drug-likeness (QED) is 0.798. The second-order valence-electron chi connectivity index (χ2n) is 4.74. The average molecular weight is 263 g/mol. The molecule has 0 unspecified atom stereocenters. The Hall–Kier alpha value is -1.88. The molecule has 0 saturated carbocycles. The van der Waals surface area contributed by atoms with Crippen molar-refractivity contribution in [3.63, 3.8) is 0 Å². The van der Waals surface area contributed by atoms with Crippen LogP contribution in [0, 0.1) is 5.92 Å². The van der Waals surface area contributed by atoms with Crippen molar-refractivity contribution in [3.05, 3.63) is 35.9 Å². The summed E-state index contributed by atoms with van der Waals surface area (Å²) in [6.07, 6.45) is -0.513. The second-order valence-corrected chi connectivity index (χ2v) is 4.74. The topological polar surface area (TPSA) is 75.6 Å². The number of nitrogens with one attached hydrogen (secondary N) is 1. The Morgan fingerprint density at radius 3 is 2.74 bits per heavy atom. The third-order valence-electron chi connectivity index (χ3n) is 3.34. The first-order valence-electron chi connectivity index (χ1n) is 6.27. The minimum atomic E-state index is -0.939. The van der Waals surface area contributed by atoms with Crippen LogP contribution in [0.4, 0.5) is 0 Å². The molecular formula is C14H17NO4. The van der Waals surface area contributed by atoms with Crippen LogP contribution in [0.5, 0.6) is 0 Å². The first-order valence-corrected chi connectivity index (χ1v) is 6.27. The monoisotopic (exact) mass is 263 g/mol. The van der Waals surface area contributed by atoms with Crippen LogP contribution >= 0.6 is 0 Å². The third-order valence-corrected chi connectivity index (χ3v) is 3.34. The van der Waals surface area contributed by atoms with Crippen LogP contribution in [0.2, 0.25) is 0 Å². The van der Waals surface area contributed by atoms with Gasteiger partial charge in [-0.2, -0.15) is 0 Å². The van der Waals surface area contributed by atoms with Gasteiger partial charge in [0.25, 0.3) is 0 Å². The molecule has 5 heteroatoms. The zero-order chi connectivity index (χ0) is 13.8. The Morgan fingerprint density at radius 2 is 2.11 bits per heavy atom. The fourth-order valence-corrected chi connectivity index (χ4v) is 2.38. The standard InChI is InChI=1S/C14H17NO4/c1-9-13(14(17)18)11(7-12(16)19-9)15-8-10-5-3-2-4-6-10/h2-6,9,11,13,15H,7-8H2,1H3,(H,17,18)/t9-,11+,13+/m1/s1. The molecule has 0 bridgehead atoms. The lowest BCUT2D eigenvalue weighted by atomic mass is 9.89. The van der Waals surface area contributed by atoms with Crippen molar-refractivity contribution in [2.45, 2.75) is 32.0 Å². The molecule has 0 aliphatic carbocycles. The van der Waals surface area contributed by atoms with Gasteiger partial charge in [-0.05, 0) is 12.5 Å². The smallest absolute Gasteiger partial charge is 0.311 e. The first kappa shape index (κ1) is 13.5. The van der Waals surface area contributed by atoms with Gasteiger partial charge in [-0.25, -0.2) is 0 Å². The van der Waals surface area contributed by atoms with Gasteiger partial charge in [0.05, 0.1) is 6.42 Å². The highest BCUT2D eigenvalue weighted by Crippen LogP contribution is 2.23. The Labute approximate surface area is 111 Å². The minimum Gasteiger partial charge on any atom is -0.481 e. The maximum absolute atomic E-state index is 11.4. The Bertz CT molecular complexity index is 460. The van der Waals surface area contributed by atoms with Gasteiger partial charge in [-0.1, -0.05) is 30.3 Å². The molecule has 102 valence electrons. The number of hydrogen-bond donors (Lipinski definition) is 2. The summed E-state index contributed by atoms with van der Waals surface area (Å²) >= 11 is 0. The van der Waals surface area contributed by atoms with Gasteiger partial charge in [0.2, 0.25) is 0 Å². The summed E-state index contributed by atoms with van der Waals surface area (Å²) < 4.78 is 4.98.